The van der Waals surface area contributed by atoms with E-state index < -0.39 is 28.6 Å². The van der Waals surface area contributed by atoms with Gasteiger partial charge in [0, 0.05) is 0 Å². The van der Waals surface area contributed by atoms with Crippen LogP contribution in [0.1, 0.15) is 11.7 Å². The van der Waals surface area contributed by atoms with Crippen LogP contribution in [0, 0.1) is 0 Å². The molecular weight excluding hydrogens is 248 g/mol. The third-order valence-electron chi connectivity index (χ3n) is 2.28. The fraction of sp³-hybridized carbons (Fsp3) is 0.300. The largest absolute Gasteiger partial charge is 0.467 e. The summed E-state index contributed by atoms with van der Waals surface area (Å²) in [5.74, 6) is -0.792. The van der Waals surface area contributed by atoms with E-state index >= 15 is 0 Å². The van der Waals surface area contributed by atoms with E-state index in [1.54, 1.807) is 30.3 Å². The number of rotatable bonds is 2. The summed E-state index contributed by atoms with van der Waals surface area (Å²) in [6, 6.07) is 8.46. The molecule has 1 aliphatic rings. The van der Waals surface area contributed by atoms with Crippen LogP contribution in [-0.2, 0) is 28.3 Å². The summed E-state index contributed by atoms with van der Waals surface area (Å²) >= 11 is 0. The summed E-state index contributed by atoms with van der Waals surface area (Å²) in [5, 5.41) is 0. The fourth-order valence-corrected chi connectivity index (χ4v) is 2.47. The lowest BCUT2D eigenvalue weighted by atomic mass is 10.0. The van der Waals surface area contributed by atoms with Crippen molar-refractivity contribution in [1.29, 1.82) is 0 Å². The summed E-state index contributed by atoms with van der Waals surface area (Å²) in [6.45, 7) is 0. The van der Waals surface area contributed by atoms with E-state index in [4.69, 9.17) is 4.18 Å². The highest BCUT2D eigenvalue weighted by molar-refractivity contribution is 7.82. The molecule has 0 aromatic heterocycles. The molecule has 1 saturated heterocycles. The predicted octanol–water partition coefficient (Wildman–Crippen LogP) is 0.561. The van der Waals surface area contributed by atoms with Crippen molar-refractivity contribution >= 4 is 16.4 Å². The van der Waals surface area contributed by atoms with Crippen molar-refractivity contribution in [2.45, 2.75) is 12.2 Å². The predicted molar refractivity (Wildman–Crippen MR) is 56.1 cm³/mol. The van der Waals surface area contributed by atoms with Crippen molar-refractivity contribution < 1.29 is 26.3 Å². The number of esters is 1. The highest BCUT2D eigenvalue weighted by Crippen LogP contribution is 2.33. The van der Waals surface area contributed by atoms with Gasteiger partial charge in [-0.25, -0.2) is 13.2 Å². The number of benzene rings is 1. The van der Waals surface area contributed by atoms with Crippen molar-refractivity contribution in [2.75, 3.05) is 7.11 Å². The van der Waals surface area contributed by atoms with Crippen LogP contribution in [0.5, 0.6) is 0 Å². The Kier molecular flexibility index (Phi) is 3.14. The zero-order valence-electron chi connectivity index (χ0n) is 8.90. The van der Waals surface area contributed by atoms with E-state index in [1.165, 1.54) is 0 Å². The molecule has 6 nitrogen and oxygen atoms in total. The molecule has 0 bridgehead atoms. The molecule has 1 aromatic rings. The lowest BCUT2D eigenvalue weighted by Gasteiger charge is -2.12. The molecule has 1 fully saturated rings. The summed E-state index contributed by atoms with van der Waals surface area (Å²) in [6.07, 6.45) is -2.30. The first-order valence-electron chi connectivity index (χ1n) is 4.78. The van der Waals surface area contributed by atoms with Crippen LogP contribution < -0.4 is 0 Å². The van der Waals surface area contributed by atoms with Crippen molar-refractivity contribution in [1.82, 2.24) is 0 Å². The number of ether oxygens (including phenoxy) is 1. The Bertz CT molecular complexity index is 509. The minimum atomic E-state index is -4.15. The molecule has 17 heavy (non-hydrogen) atoms. The van der Waals surface area contributed by atoms with Crippen LogP contribution in [0.3, 0.4) is 0 Å². The van der Waals surface area contributed by atoms with Gasteiger partial charge in [-0.3, -0.25) is 0 Å². The maximum absolute atomic E-state index is 11.4. The fourth-order valence-electron chi connectivity index (χ4n) is 1.53. The third-order valence-corrected chi connectivity index (χ3v) is 3.17. The number of methoxy groups -OCH3 is 1. The van der Waals surface area contributed by atoms with E-state index in [0.717, 1.165) is 7.11 Å². The van der Waals surface area contributed by atoms with Crippen LogP contribution in [0.4, 0.5) is 0 Å². The normalized spacial score (nSPS) is 26.6. The molecule has 7 heteroatoms. The van der Waals surface area contributed by atoms with Gasteiger partial charge in [-0.1, -0.05) is 30.3 Å². The van der Waals surface area contributed by atoms with Crippen LogP contribution in [0.2, 0.25) is 0 Å². The first-order chi connectivity index (χ1) is 8.03. The Morgan fingerprint density at radius 2 is 1.88 bits per heavy atom. The average Bonchev–Trinajstić information content (AvgIpc) is 2.65. The van der Waals surface area contributed by atoms with Gasteiger partial charge in [0.05, 0.1) is 7.11 Å². The molecule has 0 amide bonds. The number of hydrogen-bond acceptors (Lipinski definition) is 6. The summed E-state index contributed by atoms with van der Waals surface area (Å²) in [4.78, 5) is 11.4. The first kappa shape index (κ1) is 12.0. The molecule has 1 aliphatic heterocycles. The topological polar surface area (TPSA) is 78.9 Å². The molecule has 0 saturated carbocycles. The minimum Gasteiger partial charge on any atom is -0.467 e. The molecule has 0 N–H and O–H groups in total. The van der Waals surface area contributed by atoms with E-state index in [0.29, 0.717) is 5.56 Å². The van der Waals surface area contributed by atoms with Crippen molar-refractivity contribution in [2.24, 2.45) is 0 Å². The molecule has 92 valence electrons. The van der Waals surface area contributed by atoms with Crippen LogP contribution >= 0.6 is 0 Å². The van der Waals surface area contributed by atoms with Crippen molar-refractivity contribution in [3.8, 4) is 0 Å². The van der Waals surface area contributed by atoms with Crippen LogP contribution in [0.25, 0.3) is 0 Å². The number of hydrogen-bond donors (Lipinski definition) is 0. The molecular formula is C10H10O6S. The second-order valence-corrected chi connectivity index (χ2v) is 4.58. The Morgan fingerprint density at radius 1 is 1.24 bits per heavy atom. The lowest BCUT2D eigenvalue weighted by molar-refractivity contribution is -0.150. The number of carbonyl (C=O) groups is 1. The molecule has 0 radical (unpaired) electrons. The second-order valence-electron chi connectivity index (χ2n) is 3.38. The van der Waals surface area contributed by atoms with E-state index in [2.05, 4.69) is 8.92 Å². The molecule has 0 aliphatic carbocycles. The highest BCUT2D eigenvalue weighted by Gasteiger charge is 2.46. The van der Waals surface area contributed by atoms with Crippen molar-refractivity contribution in [3.05, 3.63) is 35.9 Å². The smallest absolute Gasteiger partial charge is 0.401 e. The summed E-state index contributed by atoms with van der Waals surface area (Å²) in [5.41, 5.74) is 0.531. The van der Waals surface area contributed by atoms with Gasteiger partial charge in [-0.15, -0.1) is 0 Å². The highest BCUT2D eigenvalue weighted by atomic mass is 32.3. The summed E-state index contributed by atoms with van der Waals surface area (Å²) < 4.78 is 36.1. The zero-order valence-corrected chi connectivity index (χ0v) is 9.72. The SMILES string of the molecule is COC(=O)C1OS(=O)(=O)OC1c1ccccc1. The Labute approximate surface area is 98.4 Å². The molecule has 1 heterocycles. The maximum Gasteiger partial charge on any atom is 0.401 e. The van der Waals surface area contributed by atoms with E-state index in [9.17, 15) is 13.2 Å². The monoisotopic (exact) mass is 258 g/mol. The molecule has 2 atom stereocenters. The van der Waals surface area contributed by atoms with Crippen molar-refractivity contribution in [3.63, 3.8) is 0 Å². The molecule has 0 spiro atoms. The molecule has 1 aromatic carbocycles. The standard InChI is InChI=1S/C10H10O6S/c1-14-10(11)9-8(15-17(12,13)16-9)7-5-3-2-4-6-7/h2-6,8-9H,1H3. The zero-order chi connectivity index (χ0) is 12.5. The van der Waals surface area contributed by atoms with Gasteiger partial charge in [0.15, 0.2) is 0 Å². The Hall–Kier alpha value is -1.44. The van der Waals surface area contributed by atoms with Gasteiger partial charge in [0.25, 0.3) is 0 Å². The van der Waals surface area contributed by atoms with E-state index in [1.807, 2.05) is 0 Å². The number of carbonyl (C=O) groups excluding carboxylic acids is 1. The maximum atomic E-state index is 11.4. The Balaban J connectivity index is 2.35. The van der Waals surface area contributed by atoms with Crippen LogP contribution in [0.15, 0.2) is 30.3 Å². The third kappa shape index (κ3) is 2.46. The molecule has 2 rings (SSSR count). The second kappa shape index (κ2) is 4.44. The van der Waals surface area contributed by atoms with Gasteiger partial charge in [-0.05, 0) is 5.56 Å². The van der Waals surface area contributed by atoms with Gasteiger partial charge in [0.1, 0.15) is 6.10 Å². The lowest BCUT2D eigenvalue weighted by Crippen LogP contribution is -2.27. The Morgan fingerprint density at radius 3 is 2.47 bits per heavy atom. The van der Waals surface area contributed by atoms with Gasteiger partial charge in [-0.2, -0.15) is 8.42 Å². The van der Waals surface area contributed by atoms with Gasteiger partial charge in [0.2, 0.25) is 6.10 Å². The average molecular weight is 258 g/mol. The first-order valence-corrected chi connectivity index (χ1v) is 6.11. The molecule has 2 unspecified atom stereocenters. The quantitative estimate of drug-likeness (QED) is 0.721. The van der Waals surface area contributed by atoms with Gasteiger partial charge >= 0.3 is 16.4 Å². The van der Waals surface area contributed by atoms with Gasteiger partial charge < -0.3 is 4.74 Å². The van der Waals surface area contributed by atoms with E-state index in [-0.39, 0.29) is 0 Å². The van der Waals surface area contributed by atoms with Crippen LogP contribution in [-0.4, -0.2) is 27.6 Å². The minimum absolute atomic E-state index is 0.531. The summed E-state index contributed by atoms with van der Waals surface area (Å²) in [7, 11) is -3.00.